The molecule has 0 fully saturated rings. The smallest absolute Gasteiger partial charge is 0.425 e. The van der Waals surface area contributed by atoms with E-state index in [2.05, 4.69) is 19.4 Å². The molecule has 0 N–H and O–H groups in total. The van der Waals surface area contributed by atoms with Gasteiger partial charge in [-0.15, -0.1) is 0 Å². The van der Waals surface area contributed by atoms with Crippen LogP contribution in [0.1, 0.15) is 12.5 Å². The first-order valence-corrected chi connectivity index (χ1v) is 5.80. The van der Waals surface area contributed by atoms with Crippen molar-refractivity contribution in [2.75, 3.05) is 0 Å². The zero-order valence-corrected chi connectivity index (χ0v) is 10.9. The number of rotatable bonds is 3. The maximum atomic E-state index is 13.0. The highest BCUT2D eigenvalue weighted by Crippen LogP contribution is 2.39. The van der Waals surface area contributed by atoms with Gasteiger partial charge in [0.05, 0.1) is 5.56 Å². The number of benzene rings is 1. The lowest BCUT2D eigenvalue weighted by Gasteiger charge is -2.20. The molecule has 0 saturated heterocycles. The van der Waals surface area contributed by atoms with Crippen LogP contribution < -0.4 is 4.74 Å². The van der Waals surface area contributed by atoms with Crippen molar-refractivity contribution >= 4 is 0 Å². The van der Waals surface area contributed by atoms with E-state index in [-0.39, 0.29) is 11.5 Å². The molecule has 0 aliphatic carbocycles. The zero-order valence-electron chi connectivity index (χ0n) is 10.9. The van der Waals surface area contributed by atoms with E-state index in [4.69, 9.17) is 0 Å². The summed E-state index contributed by atoms with van der Waals surface area (Å²) in [4.78, 5) is 3.57. The van der Waals surface area contributed by atoms with Gasteiger partial charge in [0.25, 0.3) is 5.89 Å². The van der Waals surface area contributed by atoms with Crippen molar-refractivity contribution in [1.29, 1.82) is 0 Å². The molecule has 2 aromatic rings. The average molecular weight is 326 g/mol. The van der Waals surface area contributed by atoms with Crippen molar-refractivity contribution in [3.63, 3.8) is 0 Å². The second-order valence-corrected chi connectivity index (χ2v) is 4.26. The molecule has 0 saturated carbocycles. The Morgan fingerprint density at radius 2 is 1.82 bits per heavy atom. The number of nitrogens with zero attached hydrogens (tertiary/aromatic N) is 2. The Labute approximate surface area is 119 Å². The van der Waals surface area contributed by atoms with Crippen LogP contribution in [0, 0.1) is 0 Å². The number of hydrogen-bond acceptors (Lipinski definition) is 4. The van der Waals surface area contributed by atoms with Crippen LogP contribution in [0.4, 0.5) is 26.3 Å². The molecule has 1 heterocycles. The number of aromatic nitrogens is 2. The van der Waals surface area contributed by atoms with E-state index in [1.165, 1.54) is 0 Å². The Bertz CT molecular complexity index is 636. The van der Waals surface area contributed by atoms with Gasteiger partial charge in [-0.1, -0.05) is 5.16 Å². The summed E-state index contributed by atoms with van der Waals surface area (Å²) in [5.74, 6) is -1.12. The number of halogens is 6. The Hall–Kier alpha value is -2.26. The molecule has 2 rings (SSSR count). The fraction of sp³-hybridized carbons (Fsp3) is 0.333. The lowest BCUT2D eigenvalue weighted by Crippen LogP contribution is -2.31. The molecule has 0 bridgehead atoms. The summed E-state index contributed by atoms with van der Waals surface area (Å²) in [5, 5.41) is 3.25. The number of ether oxygens (including phenoxy) is 1. The number of hydrogen-bond donors (Lipinski definition) is 0. The van der Waals surface area contributed by atoms with Crippen LogP contribution in [-0.2, 0) is 6.18 Å². The van der Waals surface area contributed by atoms with E-state index in [1.54, 1.807) is 0 Å². The lowest BCUT2D eigenvalue weighted by atomic mass is 10.1. The van der Waals surface area contributed by atoms with Gasteiger partial charge >= 0.3 is 12.4 Å². The van der Waals surface area contributed by atoms with Crippen LogP contribution in [0.3, 0.4) is 0 Å². The molecule has 0 spiro atoms. The van der Waals surface area contributed by atoms with Gasteiger partial charge in [-0.05, 0) is 25.1 Å². The largest absolute Gasteiger partial charge is 0.481 e. The summed E-state index contributed by atoms with van der Waals surface area (Å²) in [6.07, 6.45) is -11.1. The SMILES string of the molecule is CC(Oc1ccc(-c2ncno2)cc1C(F)(F)F)C(F)(F)F. The Kier molecular flexibility index (Phi) is 4.03. The van der Waals surface area contributed by atoms with Crippen molar-refractivity contribution < 1.29 is 35.6 Å². The van der Waals surface area contributed by atoms with Crippen LogP contribution in [0.25, 0.3) is 11.5 Å². The normalized spacial score (nSPS) is 14.0. The van der Waals surface area contributed by atoms with Crippen LogP contribution in [0.2, 0.25) is 0 Å². The Morgan fingerprint density at radius 1 is 1.14 bits per heavy atom. The molecule has 1 unspecified atom stereocenters. The summed E-state index contributed by atoms with van der Waals surface area (Å²) >= 11 is 0. The van der Waals surface area contributed by atoms with Gasteiger partial charge in [0.15, 0.2) is 12.4 Å². The second-order valence-electron chi connectivity index (χ2n) is 4.26. The highest BCUT2D eigenvalue weighted by Gasteiger charge is 2.41. The van der Waals surface area contributed by atoms with Crippen molar-refractivity contribution in [2.24, 2.45) is 0 Å². The predicted molar refractivity (Wildman–Crippen MR) is 60.9 cm³/mol. The monoisotopic (exact) mass is 326 g/mol. The third-order valence-electron chi connectivity index (χ3n) is 2.66. The molecular formula is C12H8F6N2O2. The molecule has 1 aromatic carbocycles. The molecule has 22 heavy (non-hydrogen) atoms. The van der Waals surface area contributed by atoms with E-state index in [1.807, 2.05) is 0 Å². The van der Waals surface area contributed by atoms with Gasteiger partial charge in [-0.2, -0.15) is 31.3 Å². The standard InChI is InChI=1S/C12H8F6N2O2/c1-6(11(13,14)15)21-9-3-2-7(10-19-5-20-22-10)4-8(9)12(16,17)18/h2-6H,1H3. The molecule has 10 heteroatoms. The predicted octanol–water partition coefficient (Wildman–Crippen LogP) is 4.09. The van der Waals surface area contributed by atoms with Crippen molar-refractivity contribution in [1.82, 2.24) is 10.1 Å². The van der Waals surface area contributed by atoms with E-state index >= 15 is 0 Å². The quantitative estimate of drug-likeness (QED) is 0.797. The van der Waals surface area contributed by atoms with Crippen molar-refractivity contribution in [3.05, 3.63) is 30.1 Å². The minimum Gasteiger partial charge on any atom is -0.481 e. The average Bonchev–Trinajstić information content (AvgIpc) is 2.90. The molecule has 0 amide bonds. The first-order valence-electron chi connectivity index (χ1n) is 5.80. The summed E-state index contributed by atoms with van der Waals surface area (Å²) in [7, 11) is 0. The first kappa shape index (κ1) is 16.1. The highest BCUT2D eigenvalue weighted by atomic mass is 19.4. The second kappa shape index (κ2) is 5.50. The van der Waals surface area contributed by atoms with Crippen molar-refractivity contribution in [3.8, 4) is 17.2 Å². The molecule has 120 valence electrons. The van der Waals surface area contributed by atoms with Gasteiger partial charge in [0, 0.05) is 5.56 Å². The maximum Gasteiger partial charge on any atom is 0.425 e. The van der Waals surface area contributed by atoms with E-state index < -0.39 is 29.8 Å². The van der Waals surface area contributed by atoms with Crippen LogP contribution in [-0.4, -0.2) is 22.4 Å². The number of alkyl halides is 6. The fourth-order valence-corrected chi connectivity index (χ4v) is 1.54. The highest BCUT2D eigenvalue weighted by molar-refractivity contribution is 5.57. The topological polar surface area (TPSA) is 48.2 Å². The molecule has 0 aliphatic heterocycles. The van der Waals surface area contributed by atoms with Crippen molar-refractivity contribution in [2.45, 2.75) is 25.4 Å². The minimum atomic E-state index is -4.91. The summed E-state index contributed by atoms with van der Waals surface area (Å²) < 4.78 is 85.3. The molecule has 1 aromatic heterocycles. The Morgan fingerprint density at radius 3 is 2.32 bits per heavy atom. The summed E-state index contributed by atoms with van der Waals surface area (Å²) in [5.41, 5.74) is -1.45. The van der Waals surface area contributed by atoms with Gasteiger partial charge < -0.3 is 9.26 Å². The van der Waals surface area contributed by atoms with Crippen LogP contribution in [0.5, 0.6) is 5.75 Å². The molecule has 0 aliphatic rings. The van der Waals surface area contributed by atoms with Gasteiger partial charge in [0.1, 0.15) is 5.75 Å². The summed E-state index contributed by atoms with van der Waals surface area (Å²) in [6.45, 7) is 0.617. The van der Waals surface area contributed by atoms with Gasteiger partial charge in [-0.3, -0.25) is 0 Å². The van der Waals surface area contributed by atoms with Gasteiger partial charge in [0.2, 0.25) is 0 Å². The Balaban J connectivity index is 2.42. The minimum absolute atomic E-state index is 0.0863. The molecule has 1 atom stereocenters. The zero-order chi connectivity index (χ0) is 16.5. The molecule has 4 nitrogen and oxygen atoms in total. The third kappa shape index (κ3) is 3.49. The molecule has 0 radical (unpaired) electrons. The molecular weight excluding hydrogens is 318 g/mol. The van der Waals surface area contributed by atoms with Crippen LogP contribution >= 0.6 is 0 Å². The third-order valence-corrected chi connectivity index (χ3v) is 2.66. The maximum absolute atomic E-state index is 13.0. The fourth-order valence-electron chi connectivity index (χ4n) is 1.54. The first-order chi connectivity index (χ1) is 10.1. The van der Waals surface area contributed by atoms with E-state index in [0.717, 1.165) is 18.5 Å². The van der Waals surface area contributed by atoms with E-state index in [0.29, 0.717) is 13.0 Å². The van der Waals surface area contributed by atoms with Crippen LogP contribution in [0.15, 0.2) is 29.0 Å². The lowest BCUT2D eigenvalue weighted by molar-refractivity contribution is -0.191. The van der Waals surface area contributed by atoms with E-state index in [9.17, 15) is 26.3 Å². The summed E-state index contributed by atoms with van der Waals surface area (Å²) in [6, 6.07) is 2.47. The van der Waals surface area contributed by atoms with Gasteiger partial charge in [-0.25, -0.2) is 0 Å².